The largest absolute Gasteiger partial charge is 0.514 e. The molecule has 0 aliphatic carbocycles. The first kappa shape index (κ1) is 22.8. The lowest BCUT2D eigenvalue weighted by atomic mass is 9.96. The molecule has 13 heteroatoms. The maximum atomic E-state index is 12.4. The maximum absolute atomic E-state index is 12.4. The summed E-state index contributed by atoms with van der Waals surface area (Å²) in [4.78, 5) is 46.0. The van der Waals surface area contributed by atoms with Crippen LogP contribution in [0.3, 0.4) is 0 Å². The number of carbonyl (C=O) groups is 3. The van der Waals surface area contributed by atoms with Crippen molar-refractivity contribution in [2.45, 2.75) is 30.8 Å². The van der Waals surface area contributed by atoms with Crippen molar-refractivity contribution >= 4 is 24.0 Å². The van der Waals surface area contributed by atoms with E-state index in [9.17, 15) is 24.5 Å². The van der Waals surface area contributed by atoms with E-state index < -0.39 is 47.6 Å². The van der Waals surface area contributed by atoms with Crippen LogP contribution in [0.15, 0.2) is 36.1 Å². The van der Waals surface area contributed by atoms with Crippen LogP contribution in [0.5, 0.6) is 5.75 Å². The molecule has 1 saturated heterocycles. The molecule has 3 rings (SSSR count). The van der Waals surface area contributed by atoms with E-state index in [0.29, 0.717) is 6.42 Å². The molecular weight excluding hydrogens is 432 g/mol. The monoisotopic (exact) mass is 452 g/mol. The van der Waals surface area contributed by atoms with Crippen LogP contribution in [0, 0.1) is 10.1 Å². The number of methoxy groups -OCH3 is 1. The van der Waals surface area contributed by atoms with Gasteiger partial charge in [0.05, 0.1) is 18.1 Å². The highest BCUT2D eigenvalue weighted by atomic mass is 16.8. The molecule has 2 heterocycles. The minimum Gasteiger partial charge on any atom is -0.478 e. The average molecular weight is 452 g/mol. The van der Waals surface area contributed by atoms with Crippen LogP contribution in [0.1, 0.15) is 6.42 Å². The topological polar surface area (TPSA) is 162 Å². The lowest BCUT2D eigenvalue weighted by Gasteiger charge is -2.36. The summed E-state index contributed by atoms with van der Waals surface area (Å²) < 4.78 is 30.7. The van der Waals surface area contributed by atoms with E-state index in [4.69, 9.17) is 23.7 Å². The van der Waals surface area contributed by atoms with Gasteiger partial charge in [0.25, 0.3) is 5.69 Å². The van der Waals surface area contributed by atoms with Crippen molar-refractivity contribution < 1.29 is 47.7 Å². The molecule has 0 radical (unpaired) electrons. The summed E-state index contributed by atoms with van der Waals surface area (Å²) in [5.74, 6) is -0.827. The summed E-state index contributed by atoms with van der Waals surface area (Å²) in [7, 11) is 2.83. The number of cyclic esters (lactones) is 2. The molecule has 172 valence electrons. The van der Waals surface area contributed by atoms with Gasteiger partial charge in [-0.3, -0.25) is 10.1 Å². The van der Waals surface area contributed by atoms with E-state index in [1.165, 1.54) is 25.3 Å². The molecule has 2 aliphatic rings. The quantitative estimate of drug-likeness (QED) is 0.209. The van der Waals surface area contributed by atoms with Gasteiger partial charge in [-0.05, 0) is 31.7 Å². The van der Waals surface area contributed by atoms with Crippen molar-refractivity contribution in [3.63, 3.8) is 0 Å². The molecule has 0 spiro atoms. The number of rotatable bonds is 7. The van der Waals surface area contributed by atoms with Gasteiger partial charge < -0.3 is 33.7 Å². The molecule has 4 atom stereocenters. The SMILES string of the molecule is CNC1CC=C(C(=O)OC)O[C@H]1C(OC(=O)Oc1ccc([N+](=O)[O-])cc1)C1COC(=O)O1. The number of benzene rings is 1. The van der Waals surface area contributed by atoms with Crippen molar-refractivity contribution in [3.8, 4) is 5.75 Å². The van der Waals surface area contributed by atoms with Crippen LogP contribution in [0.2, 0.25) is 0 Å². The molecule has 1 N–H and O–H groups in total. The summed E-state index contributed by atoms with van der Waals surface area (Å²) in [5, 5.41) is 13.7. The fraction of sp³-hybridized carbons (Fsp3) is 0.421. The molecule has 1 aromatic carbocycles. The minimum absolute atomic E-state index is 0.0103. The van der Waals surface area contributed by atoms with Crippen molar-refractivity contribution in [3.05, 3.63) is 46.2 Å². The summed E-state index contributed by atoms with van der Waals surface area (Å²) in [6.45, 7) is -0.220. The van der Waals surface area contributed by atoms with Crippen LogP contribution in [0.25, 0.3) is 0 Å². The molecule has 0 aromatic heterocycles. The van der Waals surface area contributed by atoms with E-state index in [0.717, 1.165) is 12.1 Å². The summed E-state index contributed by atoms with van der Waals surface area (Å²) in [6.07, 6.45) is -3.52. The van der Waals surface area contributed by atoms with Crippen molar-refractivity contribution in [1.29, 1.82) is 0 Å². The second-order valence-electron chi connectivity index (χ2n) is 6.68. The highest BCUT2D eigenvalue weighted by Crippen LogP contribution is 2.28. The highest BCUT2D eigenvalue weighted by Gasteiger charge is 2.46. The lowest BCUT2D eigenvalue weighted by Crippen LogP contribution is -2.54. The van der Waals surface area contributed by atoms with Gasteiger partial charge in [-0.1, -0.05) is 0 Å². The third-order valence-corrected chi connectivity index (χ3v) is 4.76. The Morgan fingerprint density at radius 2 is 1.97 bits per heavy atom. The zero-order chi connectivity index (χ0) is 23.3. The first-order valence-corrected chi connectivity index (χ1v) is 9.41. The Bertz CT molecular complexity index is 914. The number of nitrogens with zero attached hydrogens (tertiary/aromatic N) is 1. The highest BCUT2D eigenvalue weighted by molar-refractivity contribution is 5.86. The normalized spacial score (nSPS) is 23.0. The molecule has 1 fully saturated rings. The number of non-ortho nitro benzene ring substituents is 1. The number of nitrogens with one attached hydrogen (secondary N) is 1. The smallest absolute Gasteiger partial charge is 0.478 e. The van der Waals surface area contributed by atoms with E-state index in [1.54, 1.807) is 7.05 Å². The number of esters is 1. The van der Waals surface area contributed by atoms with Gasteiger partial charge in [0, 0.05) is 12.1 Å². The predicted octanol–water partition coefficient (Wildman–Crippen LogP) is 1.45. The Labute approximate surface area is 181 Å². The number of hydrogen-bond acceptors (Lipinski definition) is 12. The molecule has 13 nitrogen and oxygen atoms in total. The van der Waals surface area contributed by atoms with Gasteiger partial charge in [-0.15, -0.1) is 0 Å². The fourth-order valence-corrected chi connectivity index (χ4v) is 3.18. The fourth-order valence-electron chi connectivity index (χ4n) is 3.18. The van der Waals surface area contributed by atoms with Crippen molar-refractivity contribution in [2.75, 3.05) is 20.8 Å². The van der Waals surface area contributed by atoms with Gasteiger partial charge in [0.1, 0.15) is 12.4 Å². The molecule has 2 aliphatic heterocycles. The van der Waals surface area contributed by atoms with Crippen LogP contribution in [0.4, 0.5) is 15.3 Å². The number of carbonyl (C=O) groups excluding carboxylic acids is 3. The molecule has 0 saturated carbocycles. The molecule has 1 aromatic rings. The van der Waals surface area contributed by atoms with E-state index in [2.05, 4.69) is 10.1 Å². The number of ether oxygens (including phenoxy) is 6. The first-order valence-electron chi connectivity index (χ1n) is 9.41. The predicted molar refractivity (Wildman–Crippen MR) is 103 cm³/mol. The second kappa shape index (κ2) is 9.96. The van der Waals surface area contributed by atoms with Gasteiger partial charge in [0.15, 0.2) is 18.3 Å². The average Bonchev–Trinajstić information content (AvgIpc) is 3.22. The van der Waals surface area contributed by atoms with Crippen molar-refractivity contribution in [1.82, 2.24) is 5.32 Å². The molecular formula is C19H20N2O11. The first-order chi connectivity index (χ1) is 15.3. The summed E-state index contributed by atoms with van der Waals surface area (Å²) in [5.41, 5.74) is -0.187. The van der Waals surface area contributed by atoms with E-state index in [-0.39, 0.29) is 23.8 Å². The van der Waals surface area contributed by atoms with Gasteiger partial charge in [-0.2, -0.15) is 0 Å². The van der Waals surface area contributed by atoms with Crippen LogP contribution >= 0.6 is 0 Å². The zero-order valence-electron chi connectivity index (χ0n) is 17.0. The van der Waals surface area contributed by atoms with Gasteiger partial charge in [0.2, 0.25) is 5.76 Å². The zero-order valence-corrected chi connectivity index (χ0v) is 17.0. The summed E-state index contributed by atoms with van der Waals surface area (Å²) in [6, 6.07) is 4.32. The standard InChI is InChI=1S/C19H20N2O11/c1-20-12-7-8-13(17(22)27-2)30-15(12)16(14-9-28-18(23)31-14)32-19(24)29-11-5-3-10(4-6-11)21(25)26/h3-6,8,12,14-16,20H,7,9H2,1-2H3/t12?,14?,15-,16?/m1/s1. The Morgan fingerprint density at radius 3 is 2.53 bits per heavy atom. The molecule has 3 unspecified atom stereocenters. The number of nitro benzene ring substituents is 1. The van der Waals surface area contributed by atoms with Gasteiger partial charge in [-0.25, -0.2) is 14.4 Å². The van der Waals surface area contributed by atoms with Crippen molar-refractivity contribution in [2.24, 2.45) is 0 Å². The van der Waals surface area contributed by atoms with Crippen LogP contribution < -0.4 is 10.1 Å². The number of hydrogen-bond donors (Lipinski definition) is 1. The van der Waals surface area contributed by atoms with Gasteiger partial charge >= 0.3 is 18.3 Å². The minimum atomic E-state index is -1.22. The van der Waals surface area contributed by atoms with Crippen LogP contribution in [-0.4, -0.2) is 68.3 Å². The Kier molecular flexibility index (Phi) is 7.10. The number of likely N-dealkylation sites (N-methyl/N-ethyl adjacent to an activating group) is 1. The summed E-state index contributed by atoms with van der Waals surface area (Å²) >= 11 is 0. The molecule has 32 heavy (non-hydrogen) atoms. The lowest BCUT2D eigenvalue weighted by molar-refractivity contribution is -0.384. The maximum Gasteiger partial charge on any atom is 0.514 e. The Hall–Kier alpha value is -3.87. The van der Waals surface area contributed by atoms with Crippen LogP contribution in [-0.2, 0) is 28.5 Å². The molecule has 0 bridgehead atoms. The molecule has 0 amide bonds. The number of nitro groups is 1. The Balaban J connectivity index is 1.78. The second-order valence-corrected chi connectivity index (χ2v) is 6.68. The third kappa shape index (κ3) is 5.24. The third-order valence-electron chi connectivity index (χ3n) is 4.76. The van der Waals surface area contributed by atoms with E-state index in [1.807, 2.05) is 0 Å². The van der Waals surface area contributed by atoms with E-state index >= 15 is 0 Å². The Morgan fingerprint density at radius 1 is 1.25 bits per heavy atom.